The van der Waals surface area contributed by atoms with E-state index in [1.54, 1.807) is 18.2 Å². The first-order chi connectivity index (χ1) is 14.2. The summed E-state index contributed by atoms with van der Waals surface area (Å²) in [6.07, 6.45) is 3.04. The second kappa shape index (κ2) is 8.63. The number of halogens is 1. The van der Waals surface area contributed by atoms with Crippen LogP contribution in [0.4, 0.5) is 9.52 Å². The van der Waals surface area contributed by atoms with Crippen LogP contribution in [0.1, 0.15) is 5.56 Å². The maximum Gasteiger partial charge on any atom is 0.250 e. The van der Waals surface area contributed by atoms with Gasteiger partial charge in [0.1, 0.15) is 5.82 Å². The van der Waals surface area contributed by atoms with Crippen LogP contribution >= 0.6 is 11.3 Å². The number of thiazole rings is 1. The molecule has 4 aromatic rings. The molecular weight excluding hydrogens is 383 g/mol. The highest BCUT2D eigenvalue weighted by molar-refractivity contribution is 7.14. The summed E-state index contributed by atoms with van der Waals surface area (Å²) in [5, 5.41) is 5.20. The molecule has 3 nitrogen and oxygen atoms in total. The lowest BCUT2D eigenvalue weighted by atomic mass is 10.0. The van der Waals surface area contributed by atoms with Gasteiger partial charge in [0.05, 0.1) is 5.69 Å². The number of hydrogen-bond acceptors (Lipinski definition) is 3. The zero-order valence-corrected chi connectivity index (χ0v) is 16.2. The van der Waals surface area contributed by atoms with Crippen molar-refractivity contribution in [1.29, 1.82) is 0 Å². The van der Waals surface area contributed by atoms with Crippen molar-refractivity contribution in [2.24, 2.45) is 0 Å². The first kappa shape index (κ1) is 18.8. The van der Waals surface area contributed by atoms with Gasteiger partial charge in [-0.25, -0.2) is 9.37 Å². The number of benzene rings is 3. The summed E-state index contributed by atoms with van der Waals surface area (Å²) in [7, 11) is 0. The smallest absolute Gasteiger partial charge is 0.250 e. The maximum absolute atomic E-state index is 12.9. The Bertz CT molecular complexity index is 1130. The SMILES string of the molecule is O=C(C=Cc1ccc(F)cc1)Nc1nc(-c2ccc(-c3ccccc3)cc2)cs1. The molecule has 0 spiro atoms. The lowest BCUT2D eigenvalue weighted by Crippen LogP contribution is -2.07. The maximum atomic E-state index is 12.9. The highest BCUT2D eigenvalue weighted by atomic mass is 32.1. The summed E-state index contributed by atoms with van der Waals surface area (Å²) >= 11 is 1.37. The van der Waals surface area contributed by atoms with E-state index in [9.17, 15) is 9.18 Å². The van der Waals surface area contributed by atoms with E-state index >= 15 is 0 Å². The van der Waals surface area contributed by atoms with Gasteiger partial charge >= 0.3 is 0 Å². The van der Waals surface area contributed by atoms with Crippen molar-refractivity contribution >= 4 is 28.5 Å². The fraction of sp³-hybridized carbons (Fsp3) is 0. The summed E-state index contributed by atoms with van der Waals surface area (Å²) in [5.74, 6) is -0.589. The number of carbonyl (C=O) groups is 1. The van der Waals surface area contributed by atoms with Crippen molar-refractivity contribution in [3.63, 3.8) is 0 Å². The molecule has 0 saturated heterocycles. The van der Waals surface area contributed by atoms with Crippen LogP contribution in [0.5, 0.6) is 0 Å². The minimum absolute atomic E-state index is 0.283. The molecule has 0 atom stereocenters. The molecule has 0 radical (unpaired) electrons. The van der Waals surface area contributed by atoms with E-state index in [1.165, 1.54) is 35.1 Å². The summed E-state index contributed by atoms with van der Waals surface area (Å²) in [4.78, 5) is 16.6. The number of carbonyl (C=O) groups excluding carboxylic acids is 1. The van der Waals surface area contributed by atoms with E-state index in [-0.39, 0.29) is 11.7 Å². The predicted molar refractivity (Wildman–Crippen MR) is 117 cm³/mol. The number of aromatic nitrogens is 1. The van der Waals surface area contributed by atoms with Gasteiger partial charge in [-0.05, 0) is 34.9 Å². The quantitative estimate of drug-likeness (QED) is 0.401. The first-order valence-corrected chi connectivity index (χ1v) is 9.91. The third-order valence-electron chi connectivity index (χ3n) is 4.32. The van der Waals surface area contributed by atoms with Gasteiger partial charge in [0.25, 0.3) is 0 Å². The second-order valence-corrected chi connectivity index (χ2v) is 7.21. The van der Waals surface area contributed by atoms with Crippen LogP contribution < -0.4 is 5.32 Å². The summed E-state index contributed by atoms with van der Waals surface area (Å²) < 4.78 is 12.9. The highest BCUT2D eigenvalue weighted by Crippen LogP contribution is 2.27. The van der Waals surface area contributed by atoms with E-state index in [0.717, 1.165) is 22.4 Å². The summed E-state index contributed by atoms with van der Waals surface area (Å²) in [6, 6.07) is 24.3. The minimum atomic E-state index is -0.307. The number of hydrogen-bond donors (Lipinski definition) is 1. The van der Waals surface area contributed by atoms with Gasteiger partial charge in [-0.1, -0.05) is 66.7 Å². The molecule has 1 N–H and O–H groups in total. The Balaban J connectivity index is 1.41. The fourth-order valence-corrected chi connectivity index (χ4v) is 3.54. The Morgan fingerprint density at radius 2 is 1.52 bits per heavy atom. The van der Waals surface area contributed by atoms with Crippen molar-refractivity contribution in [1.82, 2.24) is 4.98 Å². The zero-order chi connectivity index (χ0) is 20.1. The normalized spacial score (nSPS) is 10.9. The van der Waals surface area contributed by atoms with E-state index < -0.39 is 0 Å². The summed E-state index contributed by atoms with van der Waals surface area (Å²) in [6.45, 7) is 0. The van der Waals surface area contributed by atoms with Crippen LogP contribution in [-0.4, -0.2) is 10.9 Å². The van der Waals surface area contributed by atoms with Gasteiger partial charge in [-0.3, -0.25) is 10.1 Å². The van der Waals surface area contributed by atoms with Gasteiger partial charge in [0.2, 0.25) is 5.91 Å². The molecule has 0 aliphatic heterocycles. The number of anilines is 1. The largest absolute Gasteiger partial charge is 0.298 e. The van der Waals surface area contributed by atoms with Crippen LogP contribution in [0, 0.1) is 5.82 Å². The van der Waals surface area contributed by atoms with Gasteiger partial charge in [0.15, 0.2) is 5.13 Å². The first-order valence-electron chi connectivity index (χ1n) is 9.03. The van der Waals surface area contributed by atoms with Crippen LogP contribution in [0.15, 0.2) is 90.3 Å². The molecule has 0 bridgehead atoms. The second-order valence-electron chi connectivity index (χ2n) is 6.36. The number of amides is 1. The average Bonchev–Trinajstić information content (AvgIpc) is 3.22. The monoisotopic (exact) mass is 400 g/mol. The highest BCUT2D eigenvalue weighted by Gasteiger charge is 2.07. The molecule has 1 heterocycles. The average molecular weight is 400 g/mol. The van der Waals surface area contributed by atoms with E-state index in [2.05, 4.69) is 34.6 Å². The lowest BCUT2D eigenvalue weighted by molar-refractivity contribution is -0.111. The van der Waals surface area contributed by atoms with Crippen LogP contribution in [0.25, 0.3) is 28.5 Å². The molecule has 4 rings (SSSR count). The molecule has 1 aromatic heterocycles. The van der Waals surface area contributed by atoms with Crippen LogP contribution in [0.2, 0.25) is 0 Å². The van der Waals surface area contributed by atoms with Crippen LogP contribution in [-0.2, 0) is 4.79 Å². The Kier molecular flexibility index (Phi) is 5.59. The number of rotatable bonds is 5. The Labute approximate surface area is 172 Å². The molecule has 3 aromatic carbocycles. The zero-order valence-electron chi connectivity index (χ0n) is 15.4. The van der Waals surface area contributed by atoms with Gasteiger partial charge in [-0.15, -0.1) is 11.3 Å². The van der Waals surface area contributed by atoms with Gasteiger partial charge in [-0.2, -0.15) is 0 Å². The number of nitrogens with zero attached hydrogens (tertiary/aromatic N) is 1. The van der Waals surface area contributed by atoms with Crippen molar-refractivity contribution in [2.45, 2.75) is 0 Å². The van der Waals surface area contributed by atoms with Crippen LogP contribution in [0.3, 0.4) is 0 Å². The molecule has 0 unspecified atom stereocenters. The third kappa shape index (κ3) is 4.83. The predicted octanol–water partition coefficient (Wildman–Crippen LogP) is 6.27. The molecule has 142 valence electrons. The Hall–Kier alpha value is -3.57. The molecule has 29 heavy (non-hydrogen) atoms. The third-order valence-corrected chi connectivity index (χ3v) is 5.08. The van der Waals surface area contributed by atoms with Crippen molar-refractivity contribution in [2.75, 3.05) is 5.32 Å². The Morgan fingerprint density at radius 1 is 0.862 bits per heavy atom. The van der Waals surface area contributed by atoms with Crippen molar-refractivity contribution < 1.29 is 9.18 Å². The molecular formula is C24H17FN2OS. The number of nitrogens with one attached hydrogen (secondary N) is 1. The van der Waals surface area contributed by atoms with E-state index in [0.29, 0.717) is 5.13 Å². The van der Waals surface area contributed by atoms with Crippen molar-refractivity contribution in [3.8, 4) is 22.4 Å². The lowest BCUT2D eigenvalue weighted by Gasteiger charge is -2.03. The molecule has 1 amide bonds. The van der Waals surface area contributed by atoms with E-state index in [1.807, 2.05) is 35.7 Å². The summed E-state index contributed by atoms with van der Waals surface area (Å²) in [5.41, 5.74) is 4.86. The molecule has 0 fully saturated rings. The van der Waals surface area contributed by atoms with Crippen molar-refractivity contribution in [3.05, 3.63) is 102 Å². The molecule has 0 saturated carbocycles. The van der Waals surface area contributed by atoms with Gasteiger partial charge < -0.3 is 0 Å². The fourth-order valence-electron chi connectivity index (χ4n) is 2.82. The minimum Gasteiger partial charge on any atom is -0.298 e. The van der Waals surface area contributed by atoms with Gasteiger partial charge in [0, 0.05) is 17.0 Å². The molecule has 5 heteroatoms. The van der Waals surface area contributed by atoms with E-state index in [4.69, 9.17) is 0 Å². The standard InChI is InChI=1S/C24H17FN2OS/c25-21-13-6-17(7-14-21)8-15-23(28)27-24-26-22(16-29-24)20-11-9-19(10-12-20)18-4-2-1-3-5-18/h1-16H,(H,26,27,28). The molecule has 0 aliphatic rings. The Morgan fingerprint density at radius 3 is 2.24 bits per heavy atom. The molecule has 0 aliphatic carbocycles. The topological polar surface area (TPSA) is 42.0 Å².